The van der Waals surface area contributed by atoms with Gasteiger partial charge in [-0.15, -0.1) is 0 Å². The Bertz CT molecular complexity index is 1370. The molecule has 1 aromatic carbocycles. The third kappa shape index (κ3) is 6.00. The lowest BCUT2D eigenvalue weighted by atomic mass is 9.76. The van der Waals surface area contributed by atoms with Crippen molar-refractivity contribution in [2.75, 3.05) is 23.7 Å². The molecule has 1 atom stereocenters. The monoisotopic (exact) mass is 573 g/mol. The van der Waals surface area contributed by atoms with Gasteiger partial charge < -0.3 is 21.7 Å². The van der Waals surface area contributed by atoms with Crippen LogP contribution in [0.5, 0.6) is 0 Å². The molecule has 7 N–H and O–H groups in total. The summed E-state index contributed by atoms with van der Waals surface area (Å²) in [5.41, 5.74) is 12.8. The molecule has 11 nitrogen and oxygen atoms in total. The molecule has 0 bridgehead atoms. The summed E-state index contributed by atoms with van der Waals surface area (Å²) in [5.74, 6) is -0.874. The van der Waals surface area contributed by atoms with E-state index in [2.05, 4.69) is 15.3 Å². The van der Waals surface area contributed by atoms with Crippen LogP contribution in [0.1, 0.15) is 32.6 Å². The van der Waals surface area contributed by atoms with Crippen molar-refractivity contribution in [3.8, 4) is 11.3 Å². The van der Waals surface area contributed by atoms with E-state index in [1.807, 2.05) is 11.8 Å². The first kappa shape index (κ1) is 28.3. The van der Waals surface area contributed by atoms with Crippen molar-refractivity contribution in [2.24, 2.45) is 11.1 Å². The van der Waals surface area contributed by atoms with Crippen LogP contribution in [0.2, 0.25) is 10.0 Å². The Morgan fingerprint density at radius 1 is 1.21 bits per heavy atom. The molecule has 1 saturated heterocycles. The summed E-state index contributed by atoms with van der Waals surface area (Å²) in [7, 11) is 0. The minimum absolute atomic E-state index is 0.0655. The number of nitrogens with zero attached hydrogens (tertiary/aromatic N) is 3. The van der Waals surface area contributed by atoms with Crippen molar-refractivity contribution in [2.45, 2.75) is 38.1 Å². The first-order chi connectivity index (χ1) is 18.5. The van der Waals surface area contributed by atoms with Crippen LogP contribution in [0, 0.1) is 5.41 Å². The van der Waals surface area contributed by atoms with Gasteiger partial charge in [-0.05, 0) is 32.3 Å². The number of amides is 3. The highest BCUT2D eigenvalue weighted by molar-refractivity contribution is 6.43. The van der Waals surface area contributed by atoms with Crippen LogP contribution in [0.15, 0.2) is 48.2 Å². The molecule has 13 heteroatoms. The SMILES string of the molecule is CC1(NC(=O)CC2(C(N)=O)C=CC(C(=O)NO)=CC2)CCN(c2cnc(-c3cccc(Cl)c3Cl)c(N)n2)CC1. The number of primary amides is 1. The molecule has 2 aromatic rings. The molecule has 0 spiro atoms. The lowest BCUT2D eigenvalue weighted by Gasteiger charge is -2.41. The zero-order chi connectivity index (χ0) is 28.4. The van der Waals surface area contributed by atoms with Gasteiger partial charge >= 0.3 is 0 Å². The van der Waals surface area contributed by atoms with E-state index in [9.17, 15) is 14.4 Å². The summed E-state index contributed by atoms with van der Waals surface area (Å²) in [6.07, 6.45) is 7.06. The smallest absolute Gasteiger partial charge is 0.274 e. The first-order valence-electron chi connectivity index (χ1n) is 12.2. The van der Waals surface area contributed by atoms with Gasteiger partial charge in [0.2, 0.25) is 11.8 Å². The Balaban J connectivity index is 1.38. The number of piperidine rings is 1. The molecule has 1 aliphatic heterocycles. The summed E-state index contributed by atoms with van der Waals surface area (Å²) >= 11 is 12.4. The van der Waals surface area contributed by atoms with Crippen LogP contribution < -0.4 is 27.2 Å². The summed E-state index contributed by atoms with van der Waals surface area (Å²) in [5, 5.41) is 12.6. The van der Waals surface area contributed by atoms with Gasteiger partial charge in [-0.2, -0.15) is 0 Å². The summed E-state index contributed by atoms with van der Waals surface area (Å²) in [6, 6.07) is 5.22. The summed E-state index contributed by atoms with van der Waals surface area (Å²) in [4.78, 5) is 48.0. The quantitative estimate of drug-likeness (QED) is 0.248. The average Bonchev–Trinajstić information content (AvgIpc) is 2.90. The number of aromatic nitrogens is 2. The third-order valence-electron chi connectivity index (χ3n) is 7.22. The highest BCUT2D eigenvalue weighted by Gasteiger charge is 2.40. The Labute approximate surface area is 235 Å². The van der Waals surface area contributed by atoms with Crippen LogP contribution in [-0.2, 0) is 14.4 Å². The van der Waals surface area contributed by atoms with Gasteiger partial charge in [0.1, 0.15) is 11.5 Å². The summed E-state index contributed by atoms with van der Waals surface area (Å²) < 4.78 is 0. The number of nitrogens with two attached hydrogens (primary N) is 2. The van der Waals surface area contributed by atoms with E-state index < -0.39 is 22.8 Å². The van der Waals surface area contributed by atoms with Crippen molar-refractivity contribution >= 4 is 52.6 Å². The highest BCUT2D eigenvalue weighted by atomic mass is 35.5. The average molecular weight is 574 g/mol. The molecule has 0 saturated carbocycles. The van der Waals surface area contributed by atoms with Crippen LogP contribution in [0.25, 0.3) is 11.3 Å². The predicted octanol–water partition coefficient (Wildman–Crippen LogP) is 2.76. The molecule has 1 aromatic heterocycles. The largest absolute Gasteiger partial charge is 0.382 e. The molecule has 1 aliphatic carbocycles. The molecule has 4 rings (SSSR count). The number of nitrogens with one attached hydrogen (secondary N) is 2. The maximum absolute atomic E-state index is 13.0. The zero-order valence-electron chi connectivity index (χ0n) is 21.2. The van der Waals surface area contributed by atoms with E-state index in [0.29, 0.717) is 53.1 Å². The van der Waals surface area contributed by atoms with E-state index in [4.69, 9.17) is 39.9 Å². The lowest BCUT2D eigenvalue weighted by Crippen LogP contribution is -2.54. The number of hydroxylamine groups is 1. The van der Waals surface area contributed by atoms with Gasteiger partial charge in [0, 0.05) is 36.2 Å². The fourth-order valence-electron chi connectivity index (χ4n) is 4.77. The number of hydrogen-bond donors (Lipinski definition) is 5. The maximum Gasteiger partial charge on any atom is 0.274 e. The number of halogens is 2. The molecule has 2 heterocycles. The Morgan fingerprint density at radius 2 is 1.92 bits per heavy atom. The molecule has 3 amide bonds. The van der Waals surface area contributed by atoms with E-state index in [-0.39, 0.29) is 30.1 Å². The predicted molar refractivity (Wildman–Crippen MR) is 148 cm³/mol. The maximum atomic E-state index is 13.0. The number of anilines is 2. The van der Waals surface area contributed by atoms with Crippen LogP contribution in [-0.4, -0.2) is 51.5 Å². The van der Waals surface area contributed by atoms with Gasteiger partial charge in [-0.25, -0.2) is 15.4 Å². The number of hydrogen-bond acceptors (Lipinski definition) is 8. The normalized spacial score (nSPS) is 20.2. The number of nitrogen functional groups attached to an aromatic ring is 1. The van der Waals surface area contributed by atoms with Crippen molar-refractivity contribution in [1.82, 2.24) is 20.8 Å². The molecular weight excluding hydrogens is 545 g/mol. The molecular formula is C26H29Cl2N7O4. The van der Waals surface area contributed by atoms with Crippen molar-refractivity contribution in [3.63, 3.8) is 0 Å². The molecule has 1 unspecified atom stereocenters. The van der Waals surface area contributed by atoms with Gasteiger partial charge in [0.15, 0.2) is 5.82 Å². The van der Waals surface area contributed by atoms with Gasteiger partial charge in [-0.1, -0.05) is 53.6 Å². The Morgan fingerprint density at radius 3 is 2.51 bits per heavy atom. The number of carbonyl (C=O) groups is 3. The van der Waals surface area contributed by atoms with Gasteiger partial charge in [-0.3, -0.25) is 19.6 Å². The zero-order valence-corrected chi connectivity index (χ0v) is 22.7. The van der Waals surface area contributed by atoms with Crippen LogP contribution in [0.3, 0.4) is 0 Å². The van der Waals surface area contributed by atoms with Gasteiger partial charge in [0.05, 0.1) is 21.7 Å². The van der Waals surface area contributed by atoms with Crippen molar-refractivity contribution < 1.29 is 19.6 Å². The second kappa shape index (κ2) is 11.2. The second-order valence-electron chi connectivity index (χ2n) is 9.99. The number of carbonyl (C=O) groups excluding carboxylic acids is 3. The van der Waals surface area contributed by atoms with Crippen molar-refractivity contribution in [1.29, 1.82) is 0 Å². The second-order valence-corrected chi connectivity index (χ2v) is 10.8. The molecule has 0 radical (unpaired) electrons. The number of rotatable bonds is 7. The number of allylic oxidation sites excluding steroid dienone is 1. The summed E-state index contributed by atoms with van der Waals surface area (Å²) in [6.45, 7) is 3.13. The van der Waals surface area contributed by atoms with E-state index in [1.165, 1.54) is 18.2 Å². The van der Waals surface area contributed by atoms with Gasteiger partial charge in [0.25, 0.3) is 5.91 Å². The van der Waals surface area contributed by atoms with E-state index in [0.717, 1.165) is 0 Å². The molecule has 39 heavy (non-hydrogen) atoms. The van der Waals surface area contributed by atoms with E-state index in [1.54, 1.807) is 29.9 Å². The van der Waals surface area contributed by atoms with E-state index >= 15 is 0 Å². The standard InChI is InChI=1S/C26H29Cl2N7O4/c1-25(33-19(36)13-26(24(30)38)7-5-15(6-8-26)23(37)34-39)9-11-35(12-10-25)18-14-31-21(22(29)32-18)16-3-2-4-17(27)20(16)28/h2-7,14,39H,8-13H2,1H3,(H2,29,32)(H2,30,38)(H,33,36)(H,34,37). The van der Waals surface area contributed by atoms with Crippen LogP contribution >= 0.6 is 23.2 Å². The first-order valence-corrected chi connectivity index (χ1v) is 13.0. The lowest BCUT2D eigenvalue weighted by molar-refractivity contribution is -0.132. The Hall–Kier alpha value is -3.67. The minimum Gasteiger partial charge on any atom is -0.382 e. The minimum atomic E-state index is -1.26. The highest BCUT2D eigenvalue weighted by Crippen LogP contribution is 2.36. The van der Waals surface area contributed by atoms with Crippen LogP contribution in [0.4, 0.5) is 11.6 Å². The number of benzene rings is 1. The fraction of sp³-hybridized carbons (Fsp3) is 0.346. The third-order valence-corrected chi connectivity index (χ3v) is 8.04. The molecule has 206 valence electrons. The topological polar surface area (TPSA) is 177 Å². The van der Waals surface area contributed by atoms with Crippen molar-refractivity contribution in [3.05, 3.63) is 58.2 Å². The Kier molecular flexibility index (Phi) is 8.15. The molecule has 1 fully saturated rings. The molecule has 2 aliphatic rings. The fourth-order valence-corrected chi connectivity index (χ4v) is 5.16.